The van der Waals surface area contributed by atoms with Gasteiger partial charge >= 0.3 is 0 Å². The Morgan fingerprint density at radius 3 is 2.42 bits per heavy atom. The molecule has 1 aliphatic heterocycles. The monoisotopic (exact) mass is 167 g/mol. The van der Waals surface area contributed by atoms with Crippen LogP contribution in [0.4, 0.5) is 0 Å². The smallest absolute Gasteiger partial charge is 0.107 e. The Morgan fingerprint density at radius 1 is 1.42 bits per heavy atom. The van der Waals surface area contributed by atoms with Gasteiger partial charge in [-0.05, 0) is 6.92 Å². The average Bonchev–Trinajstić information content (AvgIpc) is 2.06. The first-order chi connectivity index (χ1) is 5.74. The Morgan fingerprint density at radius 2 is 2.00 bits per heavy atom. The van der Waals surface area contributed by atoms with Gasteiger partial charge in [-0.1, -0.05) is 5.92 Å². The summed E-state index contributed by atoms with van der Waals surface area (Å²) in [6, 6.07) is 0. The van der Waals surface area contributed by atoms with Crippen LogP contribution >= 0.6 is 0 Å². The summed E-state index contributed by atoms with van der Waals surface area (Å²) >= 11 is 0. The minimum atomic E-state index is -0.571. The third-order valence-corrected chi connectivity index (χ3v) is 2.14. The second-order valence-electron chi connectivity index (χ2n) is 3.00. The molecule has 1 N–H and O–H groups in total. The molecule has 0 aliphatic carbocycles. The van der Waals surface area contributed by atoms with Gasteiger partial charge in [-0.3, -0.25) is 9.80 Å². The molecule has 1 unspecified atom stereocenters. The highest BCUT2D eigenvalue weighted by Crippen LogP contribution is 2.02. The Balaban J connectivity index is 2.26. The SMILES string of the molecule is C#CCN1CCN(C([CH2])O)CC1. The predicted molar refractivity (Wildman–Crippen MR) is 48.2 cm³/mol. The van der Waals surface area contributed by atoms with E-state index in [2.05, 4.69) is 17.7 Å². The lowest BCUT2D eigenvalue weighted by molar-refractivity contribution is 0.00654. The first kappa shape index (κ1) is 9.53. The van der Waals surface area contributed by atoms with E-state index >= 15 is 0 Å². The fourth-order valence-corrected chi connectivity index (χ4v) is 1.35. The van der Waals surface area contributed by atoms with E-state index in [9.17, 15) is 0 Å². The Kier molecular flexibility index (Phi) is 3.54. The van der Waals surface area contributed by atoms with Crippen molar-refractivity contribution in [1.82, 2.24) is 9.80 Å². The molecule has 1 atom stereocenters. The molecule has 12 heavy (non-hydrogen) atoms. The maximum atomic E-state index is 9.15. The molecule has 1 fully saturated rings. The van der Waals surface area contributed by atoms with Gasteiger partial charge in [0.25, 0.3) is 0 Å². The van der Waals surface area contributed by atoms with Gasteiger partial charge < -0.3 is 5.11 Å². The van der Waals surface area contributed by atoms with Crippen LogP contribution in [-0.4, -0.2) is 53.9 Å². The molecule has 1 rings (SSSR count). The molecule has 1 aliphatic rings. The van der Waals surface area contributed by atoms with Crippen molar-refractivity contribution in [3.05, 3.63) is 6.92 Å². The lowest BCUT2D eigenvalue weighted by atomic mass is 10.3. The van der Waals surface area contributed by atoms with Crippen LogP contribution in [0.1, 0.15) is 0 Å². The van der Waals surface area contributed by atoms with Gasteiger partial charge in [0.05, 0.1) is 6.54 Å². The average molecular weight is 167 g/mol. The van der Waals surface area contributed by atoms with E-state index < -0.39 is 6.23 Å². The zero-order valence-corrected chi connectivity index (χ0v) is 7.24. The number of terminal acetylenes is 1. The van der Waals surface area contributed by atoms with E-state index in [1.165, 1.54) is 0 Å². The topological polar surface area (TPSA) is 26.7 Å². The highest BCUT2D eigenvalue weighted by Gasteiger charge is 2.18. The Bertz CT molecular complexity index is 166. The Hall–Kier alpha value is -0.560. The maximum Gasteiger partial charge on any atom is 0.107 e. The van der Waals surface area contributed by atoms with Crippen molar-refractivity contribution in [3.8, 4) is 12.3 Å². The van der Waals surface area contributed by atoms with Crippen LogP contribution in [0.3, 0.4) is 0 Å². The summed E-state index contributed by atoms with van der Waals surface area (Å²) in [6.45, 7) is 7.83. The van der Waals surface area contributed by atoms with Crippen LogP contribution in [0, 0.1) is 19.3 Å². The minimum Gasteiger partial charge on any atom is -0.378 e. The lowest BCUT2D eigenvalue weighted by Crippen LogP contribution is -2.49. The maximum absolute atomic E-state index is 9.15. The molecular weight excluding hydrogens is 152 g/mol. The van der Waals surface area contributed by atoms with E-state index in [0.717, 1.165) is 26.2 Å². The molecule has 67 valence electrons. The molecule has 3 nitrogen and oxygen atoms in total. The second-order valence-corrected chi connectivity index (χ2v) is 3.00. The molecule has 0 aromatic heterocycles. The highest BCUT2D eigenvalue weighted by molar-refractivity contribution is 4.89. The number of aliphatic hydroxyl groups excluding tert-OH is 1. The van der Waals surface area contributed by atoms with E-state index in [0.29, 0.717) is 6.54 Å². The van der Waals surface area contributed by atoms with Gasteiger partial charge in [0.2, 0.25) is 0 Å². The largest absolute Gasteiger partial charge is 0.378 e. The summed E-state index contributed by atoms with van der Waals surface area (Å²) in [7, 11) is 0. The fraction of sp³-hybridized carbons (Fsp3) is 0.667. The third-order valence-electron chi connectivity index (χ3n) is 2.14. The normalized spacial score (nSPS) is 23.4. The molecule has 1 heterocycles. The summed E-state index contributed by atoms with van der Waals surface area (Å²) in [5.74, 6) is 2.61. The van der Waals surface area contributed by atoms with Crippen molar-refractivity contribution in [2.75, 3.05) is 32.7 Å². The van der Waals surface area contributed by atoms with E-state index in [1.807, 2.05) is 4.90 Å². The van der Waals surface area contributed by atoms with Crippen molar-refractivity contribution in [2.45, 2.75) is 6.23 Å². The third kappa shape index (κ3) is 2.49. The van der Waals surface area contributed by atoms with Gasteiger partial charge in [-0.15, -0.1) is 6.42 Å². The van der Waals surface area contributed by atoms with Gasteiger partial charge in [0, 0.05) is 26.2 Å². The zero-order chi connectivity index (χ0) is 8.97. The first-order valence-corrected chi connectivity index (χ1v) is 4.15. The van der Waals surface area contributed by atoms with Gasteiger partial charge in [-0.25, -0.2) is 0 Å². The highest BCUT2D eigenvalue weighted by atomic mass is 16.3. The van der Waals surface area contributed by atoms with Crippen LogP contribution in [-0.2, 0) is 0 Å². The molecule has 0 amide bonds. The van der Waals surface area contributed by atoms with E-state index in [4.69, 9.17) is 11.5 Å². The summed E-state index contributed by atoms with van der Waals surface area (Å²) in [6.07, 6.45) is 4.62. The van der Waals surface area contributed by atoms with Gasteiger partial charge in [0.15, 0.2) is 0 Å². The molecule has 0 spiro atoms. The Labute approximate surface area is 74.0 Å². The second kappa shape index (κ2) is 4.46. The van der Waals surface area contributed by atoms with Crippen molar-refractivity contribution < 1.29 is 5.11 Å². The molecule has 0 saturated carbocycles. The number of piperazine rings is 1. The molecule has 0 aromatic rings. The van der Waals surface area contributed by atoms with Gasteiger partial charge in [-0.2, -0.15) is 0 Å². The lowest BCUT2D eigenvalue weighted by Gasteiger charge is -2.35. The quantitative estimate of drug-likeness (QED) is 0.556. The van der Waals surface area contributed by atoms with Crippen LogP contribution in [0.25, 0.3) is 0 Å². The van der Waals surface area contributed by atoms with Crippen molar-refractivity contribution in [3.63, 3.8) is 0 Å². The standard InChI is InChI=1S/C9H15N2O/c1-3-4-10-5-7-11(8-6-10)9(2)12/h1,9,12H,2,4-8H2. The zero-order valence-electron chi connectivity index (χ0n) is 7.24. The van der Waals surface area contributed by atoms with Crippen molar-refractivity contribution in [2.24, 2.45) is 0 Å². The summed E-state index contributed by atoms with van der Waals surface area (Å²) in [4.78, 5) is 4.13. The molecule has 0 aromatic carbocycles. The summed E-state index contributed by atoms with van der Waals surface area (Å²) < 4.78 is 0. The van der Waals surface area contributed by atoms with E-state index in [1.54, 1.807) is 0 Å². The van der Waals surface area contributed by atoms with Crippen LogP contribution in [0.5, 0.6) is 0 Å². The summed E-state index contributed by atoms with van der Waals surface area (Å²) in [5.41, 5.74) is 0. The van der Waals surface area contributed by atoms with Crippen LogP contribution in [0.15, 0.2) is 0 Å². The predicted octanol–water partition coefficient (Wildman–Crippen LogP) is -0.610. The van der Waals surface area contributed by atoms with Crippen LogP contribution in [0.2, 0.25) is 0 Å². The number of hydrogen-bond donors (Lipinski definition) is 1. The molecule has 0 bridgehead atoms. The van der Waals surface area contributed by atoms with Crippen molar-refractivity contribution >= 4 is 0 Å². The molecule has 1 radical (unpaired) electrons. The number of hydrogen-bond acceptors (Lipinski definition) is 3. The van der Waals surface area contributed by atoms with Gasteiger partial charge in [0.1, 0.15) is 6.23 Å². The number of nitrogens with zero attached hydrogens (tertiary/aromatic N) is 2. The van der Waals surface area contributed by atoms with E-state index in [-0.39, 0.29) is 0 Å². The number of aliphatic hydroxyl groups is 1. The first-order valence-electron chi connectivity index (χ1n) is 4.15. The minimum absolute atomic E-state index is 0.571. The summed E-state index contributed by atoms with van der Waals surface area (Å²) in [5, 5.41) is 9.15. The fourth-order valence-electron chi connectivity index (χ4n) is 1.35. The van der Waals surface area contributed by atoms with Crippen LogP contribution < -0.4 is 0 Å². The molecule has 3 heteroatoms. The molecule has 1 saturated heterocycles. The molecular formula is C9H15N2O. The number of rotatable bonds is 2. The van der Waals surface area contributed by atoms with Crippen molar-refractivity contribution in [1.29, 1.82) is 0 Å².